The number of nitrogens with zero attached hydrogens (tertiary/aromatic N) is 17. The highest BCUT2D eigenvalue weighted by Gasteiger charge is 2.39. The third-order valence-corrected chi connectivity index (χ3v) is 11.0. The molecule has 0 spiro atoms. The van der Waals surface area contributed by atoms with E-state index in [-0.39, 0.29) is 11.6 Å². The summed E-state index contributed by atoms with van der Waals surface area (Å²) in [6.07, 6.45) is 9.60. The van der Waals surface area contributed by atoms with E-state index in [4.69, 9.17) is 20.3 Å². The first kappa shape index (κ1) is 50.8. The minimum Gasteiger partial charge on any atom is -0.382 e. The van der Waals surface area contributed by atoms with E-state index in [0.717, 1.165) is 9.75 Å². The summed E-state index contributed by atoms with van der Waals surface area (Å²) in [4.78, 5) is 34.9. The normalized spacial score (nSPS) is 10.8. The Bertz CT molecular complexity index is 2960. The van der Waals surface area contributed by atoms with Gasteiger partial charge in [0.15, 0.2) is 17.5 Å². The molecule has 0 atom stereocenters. The van der Waals surface area contributed by atoms with Crippen molar-refractivity contribution >= 4 is 79.3 Å². The maximum absolute atomic E-state index is 12.6. The third kappa shape index (κ3) is 17.1. The second-order valence-electron chi connectivity index (χ2n) is 12.7. The molecule has 10 rings (SSSR count). The fraction of sp³-hybridized carbons (Fsp3) is 0.100. The van der Waals surface area contributed by atoms with Gasteiger partial charge < -0.3 is 25.0 Å². The lowest BCUT2D eigenvalue weighted by atomic mass is 10.3. The van der Waals surface area contributed by atoms with Crippen molar-refractivity contribution in [2.24, 2.45) is 0 Å². The molecule has 0 saturated heterocycles. The van der Waals surface area contributed by atoms with Crippen molar-refractivity contribution in [3.8, 4) is 21.4 Å². The monoisotopic (exact) mass is 1100 g/mol. The van der Waals surface area contributed by atoms with E-state index >= 15 is 0 Å². The summed E-state index contributed by atoms with van der Waals surface area (Å²) in [6, 6.07) is 17.4. The highest BCUT2D eigenvalue weighted by atomic mass is 79.9. The second-order valence-corrected chi connectivity index (χ2v) is 16.0. The number of nitrogen functional groups attached to an aromatic ring is 1. The maximum Gasteiger partial charge on any atom is 0.471 e. The van der Waals surface area contributed by atoms with Gasteiger partial charge in [-0.1, -0.05) is 37.8 Å². The Hall–Kier alpha value is -8.09. The number of nitrogens with two attached hydrogens (primary N) is 1. The maximum atomic E-state index is 12.6. The first-order valence-electron chi connectivity index (χ1n) is 20.4. The van der Waals surface area contributed by atoms with Crippen LogP contribution in [0, 0.1) is 0 Å². The zero-order valence-corrected chi connectivity index (χ0v) is 39.4. The van der Waals surface area contributed by atoms with Crippen molar-refractivity contribution in [1.82, 2.24) is 80.8 Å². The predicted octanol–water partition coefficient (Wildman–Crippen LogP) is 9.89. The SMILES string of the molecule is Clc1cnccn1.FC(F)(F)c1nc(-c2ccc(CBr)s2)no1.FC(F)(F)c1nc(-c2ccc(CN(c3cnccn3)c3cccnn3)s2)no1.Nc1cccnn1.[2H][2H].c1cnnc(Nc2cnccn2)c1. The van der Waals surface area contributed by atoms with Gasteiger partial charge in [0.05, 0.1) is 34.9 Å². The van der Waals surface area contributed by atoms with E-state index < -0.39 is 24.1 Å². The predicted molar refractivity (Wildman–Crippen MR) is 251 cm³/mol. The van der Waals surface area contributed by atoms with Crippen LogP contribution in [-0.2, 0) is 24.2 Å². The molecule has 10 heterocycles. The van der Waals surface area contributed by atoms with Gasteiger partial charge in [-0.3, -0.25) is 15.0 Å². The van der Waals surface area contributed by atoms with Crippen LogP contribution in [0.5, 0.6) is 0 Å². The lowest BCUT2D eigenvalue weighted by Gasteiger charge is -2.20. The van der Waals surface area contributed by atoms with Gasteiger partial charge in [0.25, 0.3) is 0 Å². The van der Waals surface area contributed by atoms with Gasteiger partial charge in [-0.15, -0.1) is 38.0 Å². The van der Waals surface area contributed by atoms with Crippen LogP contribution in [0.4, 0.5) is 55.4 Å². The molecule has 10 aromatic rings. The molecule has 0 aliphatic heterocycles. The molecule has 0 amide bonds. The molecular weight excluding hydrogens is 1070 g/mol. The Labute approximate surface area is 420 Å². The molecule has 0 aromatic carbocycles. The highest BCUT2D eigenvalue weighted by molar-refractivity contribution is 9.08. The number of nitrogens with one attached hydrogen (secondary N) is 1. The van der Waals surface area contributed by atoms with Gasteiger partial charge in [0.2, 0.25) is 11.6 Å². The number of thiophene rings is 2. The van der Waals surface area contributed by atoms with E-state index in [2.05, 4.69) is 111 Å². The van der Waals surface area contributed by atoms with Gasteiger partial charge in [-0.25, -0.2) is 15.0 Å². The van der Waals surface area contributed by atoms with Crippen molar-refractivity contribution in [1.29, 1.82) is 0 Å². The molecule has 0 saturated carbocycles. The van der Waals surface area contributed by atoms with Crippen LogP contribution >= 0.6 is 50.2 Å². The average molecular weight is 1110 g/mol. The molecule has 0 aliphatic carbocycles. The van der Waals surface area contributed by atoms with Crippen LogP contribution in [0.15, 0.2) is 144 Å². The zero-order chi connectivity index (χ0) is 52.5. The van der Waals surface area contributed by atoms with Crippen LogP contribution in [0.25, 0.3) is 21.4 Å². The molecular formula is C40H31BrClF6N19O2S2. The van der Waals surface area contributed by atoms with E-state index in [9.17, 15) is 26.3 Å². The van der Waals surface area contributed by atoms with Crippen molar-refractivity contribution in [3.63, 3.8) is 0 Å². The van der Waals surface area contributed by atoms with Gasteiger partial charge in [-0.2, -0.15) is 51.6 Å². The molecule has 0 bridgehead atoms. The molecule has 21 nitrogen and oxygen atoms in total. The average Bonchev–Trinajstić information content (AvgIpc) is 4.27. The Kier molecular flexibility index (Phi) is 18.6. The summed E-state index contributed by atoms with van der Waals surface area (Å²) < 4.78 is 92.9. The van der Waals surface area contributed by atoms with Gasteiger partial charge in [0.1, 0.15) is 16.8 Å². The fourth-order valence-electron chi connectivity index (χ4n) is 4.79. The van der Waals surface area contributed by atoms with E-state index in [1.54, 1.807) is 128 Å². The molecule has 366 valence electrons. The van der Waals surface area contributed by atoms with Gasteiger partial charge in [-0.05, 0) is 60.7 Å². The number of anilines is 5. The summed E-state index contributed by atoms with van der Waals surface area (Å²) >= 11 is 11.2. The molecule has 31 heteroatoms. The first-order chi connectivity index (χ1) is 35.2. The van der Waals surface area contributed by atoms with Crippen LogP contribution in [0.1, 0.15) is 24.5 Å². The van der Waals surface area contributed by atoms with Crippen LogP contribution < -0.4 is 16.0 Å². The van der Waals surface area contributed by atoms with Crippen molar-refractivity contribution < 1.29 is 38.4 Å². The summed E-state index contributed by atoms with van der Waals surface area (Å²) in [5, 5.41) is 33.3. The van der Waals surface area contributed by atoms with E-state index in [1.165, 1.54) is 28.9 Å². The first-order valence-corrected chi connectivity index (χ1v) is 22.5. The smallest absolute Gasteiger partial charge is 0.382 e. The fourth-order valence-corrected chi connectivity index (χ4v) is 7.14. The quantitative estimate of drug-likeness (QED) is 0.100. The highest BCUT2D eigenvalue weighted by Crippen LogP contribution is 2.34. The molecule has 0 unspecified atom stereocenters. The largest absolute Gasteiger partial charge is 0.471 e. The van der Waals surface area contributed by atoms with Crippen molar-refractivity contribution in [2.45, 2.75) is 24.2 Å². The minimum absolute atomic E-state index is 0.0375. The molecule has 0 radical (unpaired) electrons. The lowest BCUT2D eigenvalue weighted by molar-refractivity contribution is -0.160. The zero-order valence-electron chi connectivity index (χ0n) is 37.5. The molecule has 0 aliphatic rings. The second kappa shape index (κ2) is 26.0. The Morgan fingerprint density at radius 1 is 0.620 bits per heavy atom. The number of rotatable bonds is 9. The van der Waals surface area contributed by atoms with Gasteiger partial charge >= 0.3 is 24.1 Å². The number of hydrogen-bond acceptors (Lipinski definition) is 23. The molecule has 0 fully saturated rings. The number of hydrogen-bond donors (Lipinski definition) is 2. The summed E-state index contributed by atoms with van der Waals surface area (Å²) in [6.45, 7) is 0.353. The number of aromatic nitrogens is 16. The Morgan fingerprint density at radius 3 is 1.61 bits per heavy atom. The molecule has 71 heavy (non-hydrogen) atoms. The number of alkyl halides is 7. The van der Waals surface area contributed by atoms with Crippen LogP contribution in [0.2, 0.25) is 5.15 Å². The Morgan fingerprint density at radius 2 is 1.18 bits per heavy atom. The molecule has 10 aromatic heterocycles. The van der Waals surface area contributed by atoms with Crippen LogP contribution in [0.3, 0.4) is 0 Å². The van der Waals surface area contributed by atoms with E-state index in [1.807, 2.05) is 6.07 Å². The van der Waals surface area contributed by atoms with Crippen molar-refractivity contribution in [2.75, 3.05) is 16.0 Å². The topological polar surface area (TPSA) is 274 Å². The molecule has 3 N–H and O–H groups in total. The summed E-state index contributed by atoms with van der Waals surface area (Å²) in [5.74, 6) is 0.0235. The lowest BCUT2D eigenvalue weighted by Crippen LogP contribution is -2.18. The minimum atomic E-state index is -4.68. The standard InChI is InChI=1S/C16H10F3N7OS.C8H4BrF3N2OS.C8H7N5.C4H3ClN2.C4H5N3.H2/c17-16(18,19)15-23-14(25-27-15)11-4-3-10(28-11)9-26(12-2-1-5-22-24-12)13-8-20-6-7-21-13;9-3-4-1-2-5(16-4)6-13-7(15-14-6)8(10,11)12;1-2-7(13-11-3-1)12-8-6-9-4-5-10-8;5-4-3-6-1-2-7-4;5-4-2-1-3-6-7-4;/h1-8H,9H2;1-2H,3H2;1-6H,(H,10,12,13);1-3H;1-3H,(H2,5,7);1H/i;;;;;1+1D. The van der Waals surface area contributed by atoms with Crippen molar-refractivity contribution in [3.05, 3.63) is 162 Å². The number of halogens is 8. The van der Waals surface area contributed by atoms with Gasteiger partial charge in [0, 0.05) is 73.8 Å². The summed E-state index contributed by atoms with van der Waals surface area (Å²) in [5.41, 5.74) is 5.18. The third-order valence-electron chi connectivity index (χ3n) is 7.72. The Balaban J connectivity index is 0.000000186. The van der Waals surface area contributed by atoms with E-state index in [0.29, 0.717) is 55.9 Å². The van der Waals surface area contributed by atoms with Crippen LogP contribution in [-0.4, -0.2) is 80.8 Å². The summed E-state index contributed by atoms with van der Waals surface area (Å²) in [7, 11) is 0.